The van der Waals surface area contributed by atoms with Crippen LogP contribution in [0.2, 0.25) is 0 Å². The van der Waals surface area contributed by atoms with Gasteiger partial charge in [0.1, 0.15) is 6.04 Å². The predicted octanol–water partition coefficient (Wildman–Crippen LogP) is 2.19. The van der Waals surface area contributed by atoms with Gasteiger partial charge in [0.25, 0.3) is 0 Å². The maximum absolute atomic E-state index is 12.7. The molecule has 2 rings (SSSR count). The Hall–Kier alpha value is -1.06. The first-order chi connectivity index (χ1) is 9.27. The zero-order valence-corrected chi connectivity index (χ0v) is 13.2. The number of carbonyl (C=O) groups excluding carboxylic acids is 2. The summed E-state index contributed by atoms with van der Waals surface area (Å²) in [5.41, 5.74) is -0.238. The third kappa shape index (κ3) is 3.53. The van der Waals surface area contributed by atoms with Gasteiger partial charge >= 0.3 is 0 Å². The average Bonchev–Trinajstić information content (AvgIpc) is 2.68. The lowest BCUT2D eigenvalue weighted by Crippen LogP contribution is -2.52. The summed E-state index contributed by atoms with van der Waals surface area (Å²) in [6.45, 7) is 9.71. The molecule has 2 amide bonds. The summed E-state index contributed by atoms with van der Waals surface area (Å²) >= 11 is 0. The first kappa shape index (κ1) is 15.3. The number of nitrogens with one attached hydrogen (secondary N) is 1. The highest BCUT2D eigenvalue weighted by Crippen LogP contribution is 2.32. The molecule has 0 aromatic rings. The summed E-state index contributed by atoms with van der Waals surface area (Å²) in [4.78, 5) is 26.5. The highest BCUT2D eigenvalue weighted by molar-refractivity contribution is 5.90. The van der Waals surface area contributed by atoms with Gasteiger partial charge in [0.05, 0.1) is 0 Å². The number of rotatable bonds is 2. The quantitative estimate of drug-likeness (QED) is 0.843. The molecular formula is C16H28N2O2. The molecule has 1 aliphatic carbocycles. The lowest BCUT2D eigenvalue weighted by Gasteiger charge is -2.33. The molecule has 3 atom stereocenters. The highest BCUT2D eigenvalue weighted by atomic mass is 16.2. The topological polar surface area (TPSA) is 49.4 Å². The second kappa shape index (κ2) is 5.74. The van der Waals surface area contributed by atoms with Crippen LogP contribution in [-0.4, -0.2) is 35.8 Å². The smallest absolute Gasteiger partial charge is 0.245 e. The van der Waals surface area contributed by atoms with Crippen molar-refractivity contribution in [2.24, 2.45) is 17.3 Å². The molecule has 0 spiro atoms. The number of nitrogens with zero attached hydrogens (tertiary/aromatic N) is 1. The van der Waals surface area contributed by atoms with Crippen molar-refractivity contribution in [1.29, 1.82) is 0 Å². The van der Waals surface area contributed by atoms with E-state index < -0.39 is 6.04 Å². The van der Waals surface area contributed by atoms with Gasteiger partial charge in [-0.3, -0.25) is 9.59 Å². The Morgan fingerprint density at radius 3 is 2.50 bits per heavy atom. The molecule has 3 unspecified atom stereocenters. The van der Waals surface area contributed by atoms with Crippen molar-refractivity contribution in [1.82, 2.24) is 10.2 Å². The minimum atomic E-state index is -0.392. The lowest BCUT2D eigenvalue weighted by molar-refractivity contribution is -0.136. The van der Waals surface area contributed by atoms with Crippen LogP contribution < -0.4 is 5.32 Å². The van der Waals surface area contributed by atoms with Gasteiger partial charge in [-0.15, -0.1) is 0 Å². The Morgan fingerprint density at radius 2 is 1.95 bits per heavy atom. The Bertz CT molecular complexity index is 386. The molecule has 1 heterocycles. The van der Waals surface area contributed by atoms with Crippen LogP contribution in [0.5, 0.6) is 0 Å². The molecule has 20 heavy (non-hydrogen) atoms. The molecule has 0 aromatic heterocycles. The van der Waals surface area contributed by atoms with E-state index in [1.807, 2.05) is 25.7 Å². The number of hydrogen-bond donors (Lipinski definition) is 1. The van der Waals surface area contributed by atoms with Crippen molar-refractivity contribution in [3.63, 3.8) is 0 Å². The predicted molar refractivity (Wildman–Crippen MR) is 79.1 cm³/mol. The van der Waals surface area contributed by atoms with E-state index in [1.165, 1.54) is 19.3 Å². The first-order valence-corrected chi connectivity index (χ1v) is 7.85. The van der Waals surface area contributed by atoms with E-state index in [9.17, 15) is 9.59 Å². The molecule has 2 fully saturated rings. The Morgan fingerprint density at radius 1 is 1.25 bits per heavy atom. The Balaban J connectivity index is 2.07. The fraction of sp³-hybridized carbons (Fsp3) is 0.875. The van der Waals surface area contributed by atoms with Crippen LogP contribution in [0, 0.1) is 17.3 Å². The zero-order chi connectivity index (χ0) is 14.9. The van der Waals surface area contributed by atoms with Crippen molar-refractivity contribution in [3.05, 3.63) is 0 Å². The molecule has 2 aliphatic rings. The average molecular weight is 280 g/mol. The van der Waals surface area contributed by atoms with Crippen molar-refractivity contribution in [2.45, 2.75) is 59.4 Å². The van der Waals surface area contributed by atoms with Crippen molar-refractivity contribution in [3.8, 4) is 0 Å². The van der Waals surface area contributed by atoms with E-state index in [2.05, 4.69) is 12.2 Å². The van der Waals surface area contributed by atoms with Crippen LogP contribution in [0.4, 0.5) is 0 Å². The molecule has 4 nitrogen and oxygen atoms in total. The van der Waals surface area contributed by atoms with Crippen molar-refractivity contribution >= 4 is 11.8 Å². The largest absolute Gasteiger partial charge is 0.344 e. The third-order valence-electron chi connectivity index (χ3n) is 4.62. The monoisotopic (exact) mass is 280 g/mol. The summed E-state index contributed by atoms with van der Waals surface area (Å²) in [7, 11) is 0. The van der Waals surface area contributed by atoms with Gasteiger partial charge in [-0.05, 0) is 30.1 Å². The van der Waals surface area contributed by atoms with E-state index in [0.717, 1.165) is 12.5 Å². The van der Waals surface area contributed by atoms with Crippen LogP contribution in [0.15, 0.2) is 0 Å². The van der Waals surface area contributed by atoms with Gasteiger partial charge in [-0.1, -0.05) is 34.1 Å². The van der Waals surface area contributed by atoms with Gasteiger partial charge in [0, 0.05) is 19.5 Å². The summed E-state index contributed by atoms with van der Waals surface area (Å²) in [5, 5.41) is 2.90. The van der Waals surface area contributed by atoms with E-state index >= 15 is 0 Å². The fourth-order valence-electron chi connectivity index (χ4n) is 3.39. The normalized spacial score (nSPS) is 32.2. The summed E-state index contributed by atoms with van der Waals surface area (Å²) in [5.74, 6) is 1.49. The van der Waals surface area contributed by atoms with Crippen LogP contribution >= 0.6 is 0 Å². The summed E-state index contributed by atoms with van der Waals surface area (Å²) in [6, 6.07) is -0.392. The summed E-state index contributed by atoms with van der Waals surface area (Å²) < 4.78 is 0. The molecule has 0 bridgehead atoms. The number of amides is 2. The first-order valence-electron chi connectivity index (χ1n) is 7.85. The Labute approximate surface area is 122 Å². The molecule has 4 heteroatoms. The SMILES string of the molecule is CC1CCC(CN2CCC(=O)NC(C(C)(C)C)C2=O)C1. The van der Waals surface area contributed by atoms with Crippen molar-refractivity contribution < 1.29 is 9.59 Å². The van der Waals surface area contributed by atoms with E-state index in [1.54, 1.807) is 0 Å². The van der Waals surface area contributed by atoms with Gasteiger partial charge in [-0.2, -0.15) is 0 Å². The molecule has 0 radical (unpaired) electrons. The number of carbonyl (C=O) groups is 2. The van der Waals surface area contributed by atoms with Crippen LogP contribution in [0.25, 0.3) is 0 Å². The molecule has 1 saturated carbocycles. The standard InChI is InChI=1S/C16H28N2O2/c1-11-5-6-12(9-11)10-18-8-7-13(19)17-14(15(18)20)16(2,3)4/h11-12,14H,5-10H2,1-4H3,(H,17,19). The van der Waals surface area contributed by atoms with Crippen LogP contribution in [0.3, 0.4) is 0 Å². The van der Waals surface area contributed by atoms with Gasteiger partial charge in [-0.25, -0.2) is 0 Å². The van der Waals surface area contributed by atoms with Crippen molar-refractivity contribution in [2.75, 3.05) is 13.1 Å². The van der Waals surface area contributed by atoms with Crippen LogP contribution in [-0.2, 0) is 9.59 Å². The van der Waals surface area contributed by atoms with Crippen LogP contribution in [0.1, 0.15) is 53.4 Å². The maximum Gasteiger partial charge on any atom is 0.245 e. The molecule has 0 aromatic carbocycles. The second-order valence-electron chi connectivity index (χ2n) is 7.69. The molecular weight excluding hydrogens is 252 g/mol. The van der Waals surface area contributed by atoms with Gasteiger partial charge in [0.2, 0.25) is 11.8 Å². The fourth-order valence-corrected chi connectivity index (χ4v) is 3.39. The van der Waals surface area contributed by atoms with Gasteiger partial charge in [0.15, 0.2) is 0 Å². The lowest BCUT2D eigenvalue weighted by atomic mass is 9.86. The minimum absolute atomic E-state index is 0.000523. The van der Waals surface area contributed by atoms with E-state index in [-0.39, 0.29) is 17.2 Å². The summed E-state index contributed by atoms with van der Waals surface area (Å²) in [6.07, 6.45) is 4.13. The maximum atomic E-state index is 12.7. The zero-order valence-electron chi connectivity index (χ0n) is 13.2. The third-order valence-corrected chi connectivity index (χ3v) is 4.62. The van der Waals surface area contributed by atoms with Gasteiger partial charge < -0.3 is 10.2 Å². The number of hydrogen-bond acceptors (Lipinski definition) is 2. The minimum Gasteiger partial charge on any atom is -0.344 e. The molecule has 1 saturated heterocycles. The molecule has 1 N–H and O–H groups in total. The van der Waals surface area contributed by atoms with E-state index in [4.69, 9.17) is 0 Å². The molecule has 114 valence electrons. The Kier molecular flexibility index (Phi) is 4.40. The highest BCUT2D eigenvalue weighted by Gasteiger charge is 2.38. The second-order valence-corrected chi connectivity index (χ2v) is 7.69. The molecule has 1 aliphatic heterocycles. The van der Waals surface area contributed by atoms with E-state index in [0.29, 0.717) is 18.9 Å².